The second-order valence-corrected chi connectivity index (χ2v) is 3.95. The van der Waals surface area contributed by atoms with Crippen LogP contribution in [0.1, 0.15) is 11.3 Å². The second-order valence-electron chi connectivity index (χ2n) is 3.95. The summed E-state index contributed by atoms with van der Waals surface area (Å²) in [5.74, 6) is 1.51. The van der Waals surface area contributed by atoms with Crippen LogP contribution in [0.25, 0.3) is 10.9 Å². The molecule has 1 aromatic heterocycles. The third-order valence-electron chi connectivity index (χ3n) is 2.98. The fraction of sp³-hybridized carbons (Fsp3) is 0.385. The van der Waals surface area contributed by atoms with E-state index in [0.29, 0.717) is 6.42 Å². The molecule has 2 rings (SSSR count). The lowest BCUT2D eigenvalue weighted by Gasteiger charge is -2.06. The van der Waals surface area contributed by atoms with Crippen LogP contribution in [0.15, 0.2) is 12.1 Å². The maximum Gasteiger partial charge on any atom is 0.146 e. The number of rotatable bonds is 4. The Morgan fingerprint density at radius 3 is 2.59 bits per heavy atom. The maximum absolute atomic E-state index is 9.10. The maximum atomic E-state index is 9.10. The highest BCUT2D eigenvalue weighted by molar-refractivity contribution is 5.91. The monoisotopic (exact) mass is 235 g/mol. The van der Waals surface area contributed by atoms with Crippen LogP contribution in [-0.4, -0.2) is 30.9 Å². The molecule has 0 bridgehead atoms. The minimum Gasteiger partial charge on any atom is -0.497 e. The lowest BCUT2D eigenvalue weighted by Crippen LogP contribution is -1.92. The van der Waals surface area contributed by atoms with E-state index in [1.54, 1.807) is 14.2 Å². The average molecular weight is 235 g/mol. The zero-order chi connectivity index (χ0) is 12.4. The summed E-state index contributed by atoms with van der Waals surface area (Å²) in [6.45, 7) is 2.13. The van der Waals surface area contributed by atoms with Crippen LogP contribution < -0.4 is 9.47 Å². The molecule has 0 unspecified atom stereocenters. The van der Waals surface area contributed by atoms with Crippen molar-refractivity contribution < 1.29 is 14.6 Å². The molecule has 0 amide bonds. The molecule has 0 aliphatic rings. The lowest BCUT2D eigenvalue weighted by atomic mass is 10.1. The van der Waals surface area contributed by atoms with Gasteiger partial charge in [-0.1, -0.05) is 0 Å². The quantitative estimate of drug-likeness (QED) is 0.852. The number of aliphatic hydroxyl groups is 1. The SMILES string of the molecule is COc1cc(OC)c2[nH]c(C)c(CCO)c2c1. The van der Waals surface area contributed by atoms with E-state index in [-0.39, 0.29) is 6.61 Å². The molecule has 0 atom stereocenters. The number of ether oxygens (including phenoxy) is 2. The fourth-order valence-electron chi connectivity index (χ4n) is 2.13. The normalized spacial score (nSPS) is 10.8. The summed E-state index contributed by atoms with van der Waals surface area (Å²) in [5.41, 5.74) is 3.12. The first-order valence-corrected chi connectivity index (χ1v) is 5.55. The standard InChI is InChI=1S/C13H17NO3/c1-8-10(4-5-15)11-6-9(16-2)7-12(17-3)13(11)14-8/h6-7,14-15H,4-5H2,1-3H3. The van der Waals surface area contributed by atoms with Crippen LogP contribution in [0.5, 0.6) is 11.5 Å². The third kappa shape index (κ3) is 1.96. The Bertz CT molecular complexity index is 531. The van der Waals surface area contributed by atoms with Crippen LogP contribution in [-0.2, 0) is 6.42 Å². The molecule has 0 aliphatic heterocycles. The van der Waals surface area contributed by atoms with E-state index in [2.05, 4.69) is 4.98 Å². The molecular weight excluding hydrogens is 218 g/mol. The van der Waals surface area contributed by atoms with E-state index in [4.69, 9.17) is 14.6 Å². The van der Waals surface area contributed by atoms with Gasteiger partial charge in [-0.3, -0.25) is 0 Å². The number of H-pyrrole nitrogens is 1. The molecule has 0 radical (unpaired) electrons. The van der Waals surface area contributed by atoms with Gasteiger partial charge in [0.05, 0.1) is 19.7 Å². The lowest BCUT2D eigenvalue weighted by molar-refractivity contribution is 0.300. The Labute approximate surface area is 100 Å². The van der Waals surface area contributed by atoms with Crippen LogP contribution in [0.4, 0.5) is 0 Å². The highest BCUT2D eigenvalue weighted by Crippen LogP contribution is 2.34. The van der Waals surface area contributed by atoms with Gasteiger partial charge in [0, 0.05) is 23.8 Å². The van der Waals surface area contributed by atoms with Crippen LogP contribution in [0.2, 0.25) is 0 Å². The van der Waals surface area contributed by atoms with Gasteiger partial charge >= 0.3 is 0 Å². The predicted octanol–water partition coefficient (Wildman–Crippen LogP) is 2.03. The molecule has 0 spiro atoms. The number of aromatic amines is 1. The molecule has 0 saturated carbocycles. The third-order valence-corrected chi connectivity index (χ3v) is 2.98. The molecule has 0 fully saturated rings. The van der Waals surface area contributed by atoms with Gasteiger partial charge in [0.2, 0.25) is 0 Å². The number of hydrogen-bond acceptors (Lipinski definition) is 3. The summed E-state index contributed by atoms with van der Waals surface area (Å²) < 4.78 is 10.6. The van der Waals surface area contributed by atoms with E-state index >= 15 is 0 Å². The summed E-state index contributed by atoms with van der Waals surface area (Å²) in [7, 11) is 3.27. The van der Waals surface area contributed by atoms with Crippen molar-refractivity contribution in [1.82, 2.24) is 4.98 Å². The number of methoxy groups -OCH3 is 2. The van der Waals surface area contributed by atoms with Gasteiger partial charge in [-0.25, -0.2) is 0 Å². The average Bonchev–Trinajstić information content (AvgIpc) is 2.65. The first-order valence-electron chi connectivity index (χ1n) is 5.55. The van der Waals surface area contributed by atoms with Gasteiger partial charge in [0.25, 0.3) is 0 Å². The van der Waals surface area contributed by atoms with Crippen molar-refractivity contribution in [2.75, 3.05) is 20.8 Å². The predicted molar refractivity (Wildman–Crippen MR) is 66.9 cm³/mol. The summed E-state index contributed by atoms with van der Waals surface area (Å²) in [6.07, 6.45) is 0.627. The fourth-order valence-corrected chi connectivity index (χ4v) is 2.13. The summed E-state index contributed by atoms with van der Waals surface area (Å²) >= 11 is 0. The van der Waals surface area contributed by atoms with Gasteiger partial charge in [-0.15, -0.1) is 0 Å². The zero-order valence-electron chi connectivity index (χ0n) is 10.3. The van der Waals surface area contributed by atoms with E-state index in [1.807, 2.05) is 19.1 Å². The Balaban J connectivity index is 2.71. The largest absolute Gasteiger partial charge is 0.497 e. The number of aryl methyl sites for hydroxylation is 1. The van der Waals surface area contributed by atoms with E-state index in [9.17, 15) is 0 Å². The van der Waals surface area contributed by atoms with Crippen molar-refractivity contribution in [2.24, 2.45) is 0 Å². The van der Waals surface area contributed by atoms with Crippen molar-refractivity contribution in [3.63, 3.8) is 0 Å². The molecule has 0 aliphatic carbocycles. The minimum absolute atomic E-state index is 0.132. The molecule has 4 heteroatoms. The van der Waals surface area contributed by atoms with Crippen molar-refractivity contribution in [1.29, 1.82) is 0 Å². The molecule has 1 heterocycles. The van der Waals surface area contributed by atoms with Crippen LogP contribution in [0.3, 0.4) is 0 Å². The Morgan fingerprint density at radius 1 is 1.24 bits per heavy atom. The molecule has 0 saturated heterocycles. The van der Waals surface area contributed by atoms with Crippen molar-refractivity contribution >= 4 is 10.9 Å². The molecule has 4 nitrogen and oxygen atoms in total. The van der Waals surface area contributed by atoms with Gasteiger partial charge in [-0.05, 0) is 25.0 Å². The van der Waals surface area contributed by atoms with Crippen molar-refractivity contribution in [3.8, 4) is 11.5 Å². The number of nitrogens with one attached hydrogen (secondary N) is 1. The highest BCUT2D eigenvalue weighted by atomic mass is 16.5. The van der Waals surface area contributed by atoms with Crippen LogP contribution >= 0.6 is 0 Å². The Morgan fingerprint density at radius 2 is 2.00 bits per heavy atom. The van der Waals surface area contributed by atoms with Crippen molar-refractivity contribution in [2.45, 2.75) is 13.3 Å². The first-order chi connectivity index (χ1) is 8.21. The summed E-state index contributed by atoms with van der Waals surface area (Å²) in [5, 5.41) is 10.1. The van der Waals surface area contributed by atoms with Gasteiger partial charge in [-0.2, -0.15) is 0 Å². The highest BCUT2D eigenvalue weighted by Gasteiger charge is 2.13. The van der Waals surface area contributed by atoms with Gasteiger partial charge < -0.3 is 19.6 Å². The number of aromatic nitrogens is 1. The molecule has 2 aromatic rings. The molecule has 2 N–H and O–H groups in total. The minimum atomic E-state index is 0.132. The molecule has 92 valence electrons. The molecular formula is C13H17NO3. The van der Waals surface area contributed by atoms with Gasteiger partial charge in [0.15, 0.2) is 0 Å². The number of benzene rings is 1. The Kier molecular flexibility index (Phi) is 3.24. The number of fused-ring (bicyclic) bond motifs is 1. The summed E-state index contributed by atoms with van der Waals surface area (Å²) in [6, 6.07) is 3.81. The van der Waals surface area contributed by atoms with Gasteiger partial charge in [0.1, 0.15) is 11.5 Å². The molecule has 17 heavy (non-hydrogen) atoms. The second kappa shape index (κ2) is 4.67. The Hall–Kier alpha value is -1.68. The van der Waals surface area contributed by atoms with Crippen molar-refractivity contribution in [3.05, 3.63) is 23.4 Å². The van der Waals surface area contributed by atoms with Crippen LogP contribution in [0, 0.1) is 6.92 Å². The molecule has 1 aromatic carbocycles. The summed E-state index contributed by atoms with van der Waals surface area (Å²) in [4.78, 5) is 3.29. The van der Waals surface area contributed by atoms with E-state index in [0.717, 1.165) is 33.7 Å². The number of hydrogen-bond donors (Lipinski definition) is 2. The first kappa shape index (κ1) is 11.8. The zero-order valence-corrected chi connectivity index (χ0v) is 10.3. The topological polar surface area (TPSA) is 54.5 Å². The van der Waals surface area contributed by atoms with E-state index in [1.165, 1.54) is 0 Å². The van der Waals surface area contributed by atoms with E-state index < -0.39 is 0 Å². The number of aliphatic hydroxyl groups excluding tert-OH is 1. The smallest absolute Gasteiger partial charge is 0.146 e.